The molecule has 0 aliphatic rings. The zero-order chi connectivity index (χ0) is 11.3. The SMILES string of the molecule is CC#CCCC(=O)c1cc(C)nnc1C. The molecular weight excluding hydrogens is 188 g/mol. The highest BCUT2D eigenvalue weighted by Crippen LogP contribution is 2.09. The van der Waals surface area contributed by atoms with Crippen molar-refractivity contribution in [3.63, 3.8) is 0 Å². The maximum Gasteiger partial charge on any atom is 0.165 e. The summed E-state index contributed by atoms with van der Waals surface area (Å²) in [5.74, 6) is 5.74. The highest BCUT2D eigenvalue weighted by atomic mass is 16.1. The first kappa shape index (κ1) is 11.4. The molecule has 0 fully saturated rings. The summed E-state index contributed by atoms with van der Waals surface area (Å²) in [4.78, 5) is 11.8. The van der Waals surface area contributed by atoms with Crippen molar-refractivity contribution in [2.24, 2.45) is 0 Å². The van der Waals surface area contributed by atoms with E-state index >= 15 is 0 Å². The number of aryl methyl sites for hydroxylation is 2. The van der Waals surface area contributed by atoms with Crippen LogP contribution in [0.25, 0.3) is 0 Å². The van der Waals surface area contributed by atoms with Crippen molar-refractivity contribution >= 4 is 5.78 Å². The molecule has 0 N–H and O–H groups in total. The van der Waals surface area contributed by atoms with Crippen LogP contribution in [0.4, 0.5) is 0 Å². The molecule has 0 aliphatic carbocycles. The van der Waals surface area contributed by atoms with Crippen molar-refractivity contribution < 1.29 is 4.79 Å². The van der Waals surface area contributed by atoms with Gasteiger partial charge in [-0.1, -0.05) is 0 Å². The summed E-state index contributed by atoms with van der Waals surface area (Å²) in [6.07, 6.45) is 1.06. The minimum Gasteiger partial charge on any atom is -0.294 e. The van der Waals surface area contributed by atoms with E-state index in [2.05, 4.69) is 22.0 Å². The van der Waals surface area contributed by atoms with Crippen molar-refractivity contribution in [1.82, 2.24) is 10.2 Å². The lowest BCUT2D eigenvalue weighted by Crippen LogP contribution is -2.05. The van der Waals surface area contributed by atoms with E-state index in [4.69, 9.17) is 0 Å². The molecule has 78 valence electrons. The molecule has 0 radical (unpaired) electrons. The second kappa shape index (κ2) is 5.26. The molecule has 0 unspecified atom stereocenters. The zero-order valence-corrected chi connectivity index (χ0v) is 9.29. The van der Waals surface area contributed by atoms with Crippen LogP contribution >= 0.6 is 0 Å². The van der Waals surface area contributed by atoms with Gasteiger partial charge in [-0.25, -0.2) is 0 Å². The average Bonchev–Trinajstić information content (AvgIpc) is 2.22. The summed E-state index contributed by atoms with van der Waals surface area (Å²) in [5, 5.41) is 7.81. The molecular formula is C12H14N2O. The van der Waals surface area contributed by atoms with Gasteiger partial charge in [-0.3, -0.25) is 4.79 Å². The van der Waals surface area contributed by atoms with E-state index in [9.17, 15) is 4.79 Å². The monoisotopic (exact) mass is 202 g/mol. The number of carbonyl (C=O) groups is 1. The van der Waals surface area contributed by atoms with Gasteiger partial charge in [-0.15, -0.1) is 11.8 Å². The van der Waals surface area contributed by atoms with Crippen LogP contribution in [0.3, 0.4) is 0 Å². The molecule has 0 spiro atoms. The molecule has 15 heavy (non-hydrogen) atoms. The molecule has 3 nitrogen and oxygen atoms in total. The maximum atomic E-state index is 11.8. The molecule has 1 aromatic rings. The van der Waals surface area contributed by atoms with Crippen LogP contribution in [0.5, 0.6) is 0 Å². The lowest BCUT2D eigenvalue weighted by atomic mass is 10.1. The number of carbonyl (C=O) groups excluding carboxylic acids is 1. The summed E-state index contributed by atoms with van der Waals surface area (Å²) in [7, 11) is 0. The van der Waals surface area contributed by atoms with Gasteiger partial charge in [0.1, 0.15) is 0 Å². The smallest absolute Gasteiger partial charge is 0.165 e. The van der Waals surface area contributed by atoms with Gasteiger partial charge in [0.2, 0.25) is 0 Å². The van der Waals surface area contributed by atoms with Crippen LogP contribution in [0.2, 0.25) is 0 Å². The number of nitrogens with zero attached hydrogens (tertiary/aromatic N) is 2. The predicted octanol–water partition coefficient (Wildman–Crippen LogP) is 2.08. The predicted molar refractivity (Wildman–Crippen MR) is 58.5 cm³/mol. The average molecular weight is 202 g/mol. The van der Waals surface area contributed by atoms with E-state index < -0.39 is 0 Å². The lowest BCUT2D eigenvalue weighted by Gasteiger charge is -2.02. The largest absolute Gasteiger partial charge is 0.294 e. The number of Topliss-reactive ketones (excluding diaryl/α,β-unsaturated/α-hetero) is 1. The first-order valence-electron chi connectivity index (χ1n) is 4.89. The van der Waals surface area contributed by atoms with Crippen LogP contribution < -0.4 is 0 Å². The molecule has 0 bridgehead atoms. The van der Waals surface area contributed by atoms with Crippen molar-refractivity contribution in [3.05, 3.63) is 23.0 Å². The summed E-state index contributed by atoms with van der Waals surface area (Å²) in [6, 6.07) is 1.78. The minimum atomic E-state index is 0.0910. The van der Waals surface area contributed by atoms with Gasteiger partial charge in [0.25, 0.3) is 0 Å². The Morgan fingerprint density at radius 3 is 2.80 bits per heavy atom. The fourth-order valence-electron chi connectivity index (χ4n) is 1.27. The fraction of sp³-hybridized carbons (Fsp3) is 0.417. The first-order valence-corrected chi connectivity index (χ1v) is 4.89. The van der Waals surface area contributed by atoms with Gasteiger partial charge in [-0.05, 0) is 26.8 Å². The molecule has 1 aromatic heterocycles. The van der Waals surface area contributed by atoms with Crippen LogP contribution in [0, 0.1) is 25.7 Å². The number of hydrogen-bond donors (Lipinski definition) is 0. The summed E-state index contributed by atoms with van der Waals surface area (Å²) in [6.45, 7) is 5.40. The fourth-order valence-corrected chi connectivity index (χ4v) is 1.27. The Kier molecular flexibility index (Phi) is 3.99. The third-order valence-corrected chi connectivity index (χ3v) is 2.05. The molecule has 0 saturated heterocycles. The Labute approximate surface area is 89.9 Å². The molecule has 0 aromatic carbocycles. The van der Waals surface area contributed by atoms with E-state index in [0.29, 0.717) is 24.1 Å². The molecule has 1 heterocycles. The minimum absolute atomic E-state index is 0.0910. The molecule has 0 saturated carbocycles. The number of rotatable bonds is 3. The number of ketones is 1. The summed E-state index contributed by atoms with van der Waals surface area (Å²) >= 11 is 0. The van der Waals surface area contributed by atoms with Crippen LogP contribution in [0.15, 0.2) is 6.07 Å². The van der Waals surface area contributed by atoms with Crippen LogP contribution in [0.1, 0.15) is 41.5 Å². The zero-order valence-electron chi connectivity index (χ0n) is 9.29. The van der Waals surface area contributed by atoms with Crippen LogP contribution in [-0.4, -0.2) is 16.0 Å². The van der Waals surface area contributed by atoms with Crippen molar-refractivity contribution in [2.75, 3.05) is 0 Å². The molecule has 0 atom stereocenters. The maximum absolute atomic E-state index is 11.8. The van der Waals surface area contributed by atoms with Crippen molar-refractivity contribution in [3.8, 4) is 11.8 Å². The molecule has 1 rings (SSSR count). The topological polar surface area (TPSA) is 42.9 Å². The van der Waals surface area contributed by atoms with Gasteiger partial charge < -0.3 is 0 Å². The number of aromatic nitrogens is 2. The van der Waals surface area contributed by atoms with Crippen LogP contribution in [-0.2, 0) is 0 Å². The van der Waals surface area contributed by atoms with Gasteiger partial charge >= 0.3 is 0 Å². The normalized spacial score (nSPS) is 9.27. The van der Waals surface area contributed by atoms with Gasteiger partial charge in [0, 0.05) is 18.4 Å². The lowest BCUT2D eigenvalue weighted by molar-refractivity contribution is 0.0983. The second-order valence-corrected chi connectivity index (χ2v) is 3.33. The van der Waals surface area contributed by atoms with Crippen molar-refractivity contribution in [1.29, 1.82) is 0 Å². The summed E-state index contributed by atoms with van der Waals surface area (Å²) in [5.41, 5.74) is 2.13. The standard InChI is InChI=1S/C12H14N2O/c1-4-5-6-7-12(15)11-8-9(2)13-14-10(11)3/h8H,6-7H2,1-3H3. The van der Waals surface area contributed by atoms with Gasteiger partial charge in [0.05, 0.1) is 11.4 Å². The Bertz CT molecular complexity index is 427. The Balaban J connectivity index is 2.80. The van der Waals surface area contributed by atoms with E-state index in [1.54, 1.807) is 19.9 Å². The van der Waals surface area contributed by atoms with E-state index in [0.717, 1.165) is 5.69 Å². The third kappa shape index (κ3) is 3.17. The highest BCUT2D eigenvalue weighted by molar-refractivity contribution is 5.97. The summed E-state index contributed by atoms with van der Waals surface area (Å²) < 4.78 is 0. The Morgan fingerprint density at radius 1 is 1.40 bits per heavy atom. The number of hydrogen-bond acceptors (Lipinski definition) is 3. The first-order chi connectivity index (χ1) is 7.15. The van der Waals surface area contributed by atoms with E-state index in [1.807, 2.05) is 6.92 Å². The third-order valence-electron chi connectivity index (χ3n) is 2.05. The Morgan fingerprint density at radius 2 is 2.13 bits per heavy atom. The van der Waals surface area contributed by atoms with Gasteiger partial charge in [-0.2, -0.15) is 10.2 Å². The highest BCUT2D eigenvalue weighted by Gasteiger charge is 2.09. The van der Waals surface area contributed by atoms with E-state index in [-0.39, 0.29) is 5.78 Å². The van der Waals surface area contributed by atoms with Gasteiger partial charge in [0.15, 0.2) is 5.78 Å². The Hall–Kier alpha value is -1.69. The molecule has 3 heteroatoms. The quantitative estimate of drug-likeness (QED) is 0.556. The second-order valence-electron chi connectivity index (χ2n) is 3.33. The van der Waals surface area contributed by atoms with E-state index in [1.165, 1.54) is 0 Å². The van der Waals surface area contributed by atoms with Crippen molar-refractivity contribution in [2.45, 2.75) is 33.6 Å². The molecule has 0 amide bonds. The molecule has 0 aliphatic heterocycles.